The van der Waals surface area contributed by atoms with Crippen LogP contribution in [0.5, 0.6) is 0 Å². The number of alkyl carbamates (subject to hydrolysis) is 2. The molecule has 3 saturated heterocycles. The van der Waals surface area contributed by atoms with Crippen molar-refractivity contribution in [2.75, 3.05) is 94.1 Å². The smallest absolute Gasteiger partial charge is 0.408 e. The fraction of sp³-hybridized carbons (Fsp3) is 0.554. The van der Waals surface area contributed by atoms with Crippen LogP contribution in [0.25, 0.3) is 0 Å². The average molecular weight is 2120 g/mol. The highest BCUT2D eigenvalue weighted by Gasteiger charge is 2.46. The third-order valence-corrected chi connectivity index (χ3v) is 25.3. The number of rotatable bonds is 44. The molecule has 12 atom stereocenters. The number of halogens is 3. The molecule has 0 aromatic heterocycles. The zero-order chi connectivity index (χ0) is 108. The molecule has 0 spiro atoms. The number of nitrogens with one attached hydrogen (secondary N) is 5. The zero-order valence-corrected chi connectivity index (χ0v) is 88.8. The van der Waals surface area contributed by atoms with Crippen molar-refractivity contribution in [3.63, 3.8) is 0 Å². The number of aliphatic hydroxyl groups excluding tert-OH is 1. The Morgan fingerprint density at radius 3 is 1.00 bits per heavy atom. The first-order valence-electron chi connectivity index (χ1n) is 49.1. The first kappa shape index (κ1) is 131. The fourth-order valence-electron chi connectivity index (χ4n) is 17.6. The van der Waals surface area contributed by atoms with Crippen molar-refractivity contribution in [1.82, 2.24) is 41.3 Å². The minimum Gasteiger partial charge on any atom is -0.481 e. The molecule has 3 aliphatic rings. The summed E-state index contributed by atoms with van der Waals surface area (Å²) in [6, 6.07) is 48.1. The van der Waals surface area contributed by atoms with Gasteiger partial charge in [0.05, 0.1) is 104 Å². The van der Waals surface area contributed by atoms with Crippen molar-refractivity contribution < 1.29 is 116 Å². The molecule has 33 nitrogen and oxygen atoms in total. The van der Waals surface area contributed by atoms with E-state index in [9.17, 15) is 77.3 Å². The highest BCUT2D eigenvalue weighted by atomic mass is 35.5. The second kappa shape index (κ2) is 63.5. The van der Waals surface area contributed by atoms with Gasteiger partial charge in [0.1, 0.15) is 22.8 Å². The van der Waals surface area contributed by atoms with E-state index in [1.165, 1.54) is 42.3 Å². The van der Waals surface area contributed by atoms with Crippen molar-refractivity contribution in [2.24, 2.45) is 41.2 Å². The van der Waals surface area contributed by atoms with E-state index in [1.807, 2.05) is 127 Å². The number of nitrogens with two attached hydrogens (primary N) is 1. The normalized spacial score (nSPS) is 17.8. The maximum Gasteiger partial charge on any atom is 0.408 e. The second-order valence-electron chi connectivity index (χ2n) is 40.8. The van der Waals surface area contributed by atoms with Crippen LogP contribution in [0.2, 0.25) is 15.1 Å². The third kappa shape index (κ3) is 47.2. The summed E-state index contributed by atoms with van der Waals surface area (Å²) in [5, 5.41) is 44.4. The number of aliphatic carboxylic acids is 2. The number of piperidine rings is 3. The molecule has 36 heteroatoms. The predicted octanol–water partition coefficient (Wildman–Crippen LogP) is 15.7. The van der Waals surface area contributed by atoms with E-state index in [4.69, 9.17) is 78.8 Å². The van der Waals surface area contributed by atoms with Crippen LogP contribution < -0.4 is 32.3 Å². The summed E-state index contributed by atoms with van der Waals surface area (Å²) in [5.41, 5.74) is 7.18. The summed E-state index contributed by atoms with van der Waals surface area (Å²) in [4.78, 5) is 184. The van der Waals surface area contributed by atoms with E-state index in [2.05, 4.69) is 26.6 Å². The van der Waals surface area contributed by atoms with E-state index in [1.54, 1.807) is 120 Å². The highest BCUT2D eigenvalue weighted by molar-refractivity contribution is 6.31. The van der Waals surface area contributed by atoms with Gasteiger partial charge in [0.15, 0.2) is 11.6 Å². The number of nitrogens with zero attached hydrogens (tertiary/aromatic N) is 3. The van der Waals surface area contributed by atoms with Gasteiger partial charge in [-0.2, -0.15) is 0 Å². The van der Waals surface area contributed by atoms with Crippen molar-refractivity contribution in [1.29, 1.82) is 0 Å². The molecule has 3 aliphatic heterocycles. The first-order chi connectivity index (χ1) is 68.3. The van der Waals surface area contributed by atoms with Crippen LogP contribution >= 0.6 is 34.8 Å². The summed E-state index contributed by atoms with van der Waals surface area (Å²) in [7, 11) is 5.72. The number of hydrogen-bond acceptors (Lipinski definition) is 23. The van der Waals surface area contributed by atoms with Crippen molar-refractivity contribution in [3.05, 3.63) is 212 Å². The van der Waals surface area contributed by atoms with Crippen LogP contribution in [0, 0.1) is 35.5 Å². The van der Waals surface area contributed by atoms with Gasteiger partial charge >= 0.3 is 36.1 Å². The Morgan fingerprint density at radius 2 is 0.703 bits per heavy atom. The number of Topliss-reactive ketones (excluding diaryl/α,β-unsaturated/α-hetero) is 2. The molecule has 8 amide bonds. The number of hydrogen-bond donors (Lipinski definition) is 9. The van der Waals surface area contributed by atoms with Crippen LogP contribution in [-0.4, -0.2) is 259 Å². The lowest BCUT2D eigenvalue weighted by Gasteiger charge is -2.45. The number of carbonyl (C=O) groups is 14. The van der Waals surface area contributed by atoms with Crippen LogP contribution in [0.15, 0.2) is 164 Å². The van der Waals surface area contributed by atoms with Gasteiger partial charge in [0.2, 0.25) is 35.4 Å². The average Bonchev–Trinajstić information content (AvgIpc) is 0.792. The maximum atomic E-state index is 14.0. The molecule has 0 unspecified atom stereocenters. The molecule has 9 rings (SSSR count). The number of aliphatic hydroxyl groups is 1. The lowest BCUT2D eigenvalue weighted by molar-refractivity contribution is -0.159. The van der Waals surface area contributed by atoms with Gasteiger partial charge in [-0.05, 0) is 229 Å². The van der Waals surface area contributed by atoms with E-state index in [0.29, 0.717) is 118 Å². The Bertz CT molecular complexity index is 5170. The minimum absolute atomic E-state index is 0. The van der Waals surface area contributed by atoms with Gasteiger partial charge in [0, 0.05) is 101 Å². The number of carbonyl (C=O) groups excluding carboxylic acids is 12. The molecule has 0 saturated carbocycles. The van der Waals surface area contributed by atoms with Crippen molar-refractivity contribution >= 4 is 118 Å². The summed E-state index contributed by atoms with van der Waals surface area (Å²) in [5.74, 6) is -9.45. The number of ether oxygens (including phenoxy) is 7. The number of carboxylic acid groups (broad SMARTS) is 2. The highest BCUT2D eigenvalue weighted by Crippen LogP contribution is 2.35. The predicted molar refractivity (Wildman–Crippen MR) is 572 cm³/mol. The van der Waals surface area contributed by atoms with Crippen LogP contribution in [0.1, 0.15) is 216 Å². The summed E-state index contributed by atoms with van der Waals surface area (Å²) in [6.07, 6.45) is 4.32. The van der Waals surface area contributed by atoms with Crippen LogP contribution in [0.4, 0.5) is 9.59 Å². The molecular weight excluding hydrogens is 1960 g/mol. The number of methoxy groups -OCH3 is 4. The van der Waals surface area contributed by atoms with Gasteiger partial charge in [-0.25, -0.2) is 9.59 Å². The van der Waals surface area contributed by atoms with Crippen LogP contribution in [-0.2, 0) is 129 Å². The Balaban J connectivity index is 0.000000535. The number of likely N-dealkylation sites (tertiary alicyclic amines) is 3. The van der Waals surface area contributed by atoms with E-state index in [-0.39, 0.29) is 141 Å². The Kier molecular flexibility index (Phi) is 56.1. The lowest BCUT2D eigenvalue weighted by Crippen LogP contribution is -2.64. The molecule has 3 heterocycles. The van der Waals surface area contributed by atoms with E-state index in [0.717, 1.165) is 33.4 Å². The minimum atomic E-state index is -1.07. The Morgan fingerprint density at radius 1 is 0.392 bits per heavy atom. The molecule has 10 N–H and O–H groups in total. The van der Waals surface area contributed by atoms with Crippen LogP contribution in [0.3, 0.4) is 0 Å². The second-order valence-corrected chi connectivity index (χ2v) is 42.1. The number of carboxylic acids is 2. The zero-order valence-electron chi connectivity index (χ0n) is 86.6. The topological polar surface area (TPSA) is 460 Å². The van der Waals surface area contributed by atoms with E-state index >= 15 is 0 Å². The lowest BCUT2D eigenvalue weighted by atomic mass is 9.81. The molecule has 0 radical (unpaired) electrons. The number of amides is 8. The maximum absolute atomic E-state index is 14.0. The summed E-state index contributed by atoms with van der Waals surface area (Å²) >= 11 is 18.4. The number of benzene rings is 6. The molecule has 820 valence electrons. The molecule has 148 heavy (non-hydrogen) atoms. The third-order valence-electron chi connectivity index (χ3n) is 24.6. The number of esters is 2. The van der Waals surface area contributed by atoms with Gasteiger partial charge in [-0.15, -0.1) is 0 Å². The monoisotopic (exact) mass is 2120 g/mol. The number of ketones is 2. The van der Waals surface area contributed by atoms with Crippen molar-refractivity contribution in [3.8, 4) is 0 Å². The fourth-order valence-corrected chi connectivity index (χ4v) is 18.0. The summed E-state index contributed by atoms with van der Waals surface area (Å²) in [6.45, 7) is 22.2. The SMILES string of the molecule is C.C.C.COC[C@H](CC(=O)[C@H](C)NC(=O)OC(C)(C)C)C(=O)N[C@@]1(Cc2ccc(Cl)cc2)CCCN(C(=O)[C@@H](CC(=O)O)Cc2ccccc2)C1.COC[C@H](CC(=O)[C@H](C)NC(=O)OC(C)(C)C)C(=O)N[C@@]1(Cc2ccc(Cl)cc2)CCCN(C(=O)[C@@H](CCO)Cc2ccccc2)C1.COC[C@H](N)C(=O)N[C@@]1(Cc2ccc(Cl)cc2)CCCN(C(=O)[C@@H](CC(=O)OC)Cc2ccccc2)C1.C[C@H](CC(=O)OC(C)(C)C)C(=O)O. The molecule has 0 bridgehead atoms. The summed E-state index contributed by atoms with van der Waals surface area (Å²) < 4.78 is 36.1. The molecule has 6 aromatic rings. The first-order valence-corrected chi connectivity index (χ1v) is 50.2. The standard InChI is InChI=1S/C36H48ClN3O8.C36H50ClN3O7.C28H36ClN3O5.C9H16O4.3CH4/c1-24(38-34(46)48-35(2,3)4)30(41)19-28(22-47-5)32(44)39-36(21-26-12-14-29(37)15-13-26)16-9-17-40(23-36)33(45)27(20-31(42)43)18-25-10-7-6-8-11-25;1-25(38-34(45)47-35(2,3)4)31(42)21-29(23-46-5)32(43)39-36(22-27-12-14-30(37)15-13-27)17-9-18-40(24-36)33(44)28(16-19-41)20-26-10-7-6-8-11-26;1-36-18-24(30)26(34)31-28(17-21-9-11-23(29)12-10-21)13-6-14-32(19-28)27(35)22(16-25(33)37-2)15-20-7-4-3-5-8-20;1-6(8(11)12)5-7(10)13-9(2,3)4;;;/h6-8,10-15,24,27-28H,9,16-23H2,1-5H3,(H,38,46)(H,39,44)(H,42,43);6-8,10-15,25,28-29,41H,9,16-24H2,1-5H3,(H,38,45)(H,39,43);3-5,7-12,22,24H,6,13-19,30H2,1-2H3,(H,31,34);6H,5H2,1-4H3,(H,11,12);3*1H4/t24-,27+,28-,36+;25-,28-,29-,36+;22-,24+,28-;6-;;;/m0011.../s1. The Labute approximate surface area is 889 Å². The van der Waals surface area contributed by atoms with Gasteiger partial charge in [0.25, 0.3) is 0 Å². The van der Waals surface area contributed by atoms with E-state index < -0.39 is 129 Å². The molecule has 0 aliphatic carbocycles. The van der Waals surface area contributed by atoms with Gasteiger partial charge in [-0.1, -0.05) is 191 Å². The Hall–Kier alpha value is -11.4. The molecule has 3 fully saturated rings. The van der Waals surface area contributed by atoms with Gasteiger partial charge < -0.3 is 95.5 Å². The molecular formula is C112H162Cl3N9O24. The van der Waals surface area contributed by atoms with Crippen molar-refractivity contribution in [2.45, 2.75) is 272 Å². The largest absolute Gasteiger partial charge is 0.481 e. The van der Waals surface area contributed by atoms with Gasteiger partial charge in [-0.3, -0.25) is 57.5 Å². The quantitative estimate of drug-likeness (QED) is 0.0127. The molecule has 6 aromatic carbocycles.